The van der Waals surface area contributed by atoms with E-state index in [0.29, 0.717) is 5.41 Å². The van der Waals surface area contributed by atoms with Crippen molar-refractivity contribution in [3.8, 4) is 0 Å². The molecule has 0 radical (unpaired) electrons. The van der Waals surface area contributed by atoms with Crippen LogP contribution in [-0.2, 0) is 5.54 Å². The quantitative estimate of drug-likeness (QED) is 0.792. The Hall–Kier alpha value is -0.530. The zero-order valence-electron chi connectivity index (χ0n) is 10.2. The highest BCUT2D eigenvalue weighted by Gasteiger charge is 2.52. The fraction of sp³-hybridized carbons (Fsp3) is 0.600. The number of hydrogen-bond donors (Lipinski definition) is 1. The van der Waals surface area contributed by atoms with Gasteiger partial charge in [-0.2, -0.15) is 0 Å². The van der Waals surface area contributed by atoms with E-state index < -0.39 is 0 Å². The Morgan fingerprint density at radius 2 is 1.76 bits per heavy atom. The van der Waals surface area contributed by atoms with Crippen LogP contribution in [0.2, 0.25) is 5.02 Å². The van der Waals surface area contributed by atoms with Crippen molar-refractivity contribution in [1.29, 1.82) is 0 Å². The fourth-order valence-corrected chi connectivity index (χ4v) is 4.13. The molecule has 3 rings (SSSR count). The van der Waals surface area contributed by atoms with Crippen LogP contribution in [0, 0.1) is 5.41 Å². The minimum Gasteiger partial charge on any atom is -0.321 e. The van der Waals surface area contributed by atoms with Crippen LogP contribution in [-0.4, -0.2) is 0 Å². The normalized spacial score (nSPS) is 25.5. The van der Waals surface area contributed by atoms with Gasteiger partial charge in [-0.25, -0.2) is 0 Å². The lowest BCUT2D eigenvalue weighted by molar-refractivity contribution is -0.00989. The summed E-state index contributed by atoms with van der Waals surface area (Å²) in [5.74, 6) is 0. The van der Waals surface area contributed by atoms with Gasteiger partial charge in [0.25, 0.3) is 0 Å². The van der Waals surface area contributed by atoms with Crippen molar-refractivity contribution in [3.05, 3.63) is 34.9 Å². The van der Waals surface area contributed by atoms with Gasteiger partial charge in [-0.15, -0.1) is 0 Å². The monoisotopic (exact) mass is 249 g/mol. The van der Waals surface area contributed by atoms with Gasteiger partial charge in [-0.3, -0.25) is 0 Å². The Kier molecular flexibility index (Phi) is 2.72. The van der Waals surface area contributed by atoms with Crippen molar-refractivity contribution >= 4 is 11.6 Å². The predicted molar refractivity (Wildman–Crippen MR) is 72.1 cm³/mol. The van der Waals surface area contributed by atoms with Gasteiger partial charge in [0.15, 0.2) is 0 Å². The largest absolute Gasteiger partial charge is 0.321 e. The van der Waals surface area contributed by atoms with Crippen molar-refractivity contribution in [2.24, 2.45) is 11.1 Å². The Balaban J connectivity index is 1.77. The summed E-state index contributed by atoms with van der Waals surface area (Å²) in [6, 6.07) is 8.10. The van der Waals surface area contributed by atoms with Crippen LogP contribution in [0.5, 0.6) is 0 Å². The summed E-state index contributed by atoms with van der Waals surface area (Å²) in [5.41, 5.74) is 8.22. The van der Waals surface area contributed by atoms with Crippen LogP contribution < -0.4 is 5.73 Å². The molecule has 0 atom stereocenters. The zero-order chi connectivity index (χ0) is 11.9. The number of hydrogen-bond acceptors (Lipinski definition) is 1. The molecule has 0 bridgehead atoms. The lowest BCUT2D eigenvalue weighted by Crippen LogP contribution is -2.56. The van der Waals surface area contributed by atoms with Gasteiger partial charge in [0.05, 0.1) is 0 Å². The van der Waals surface area contributed by atoms with Crippen LogP contribution in [0.15, 0.2) is 24.3 Å². The first-order chi connectivity index (χ1) is 8.12. The molecule has 2 aliphatic rings. The SMILES string of the molecule is NC1(c2cccc(Cl)c2)CC2(CCCCC2)C1. The standard InChI is InChI=1S/C15H20ClN/c16-13-6-4-5-12(9-13)15(17)10-14(11-15)7-2-1-3-8-14/h4-6,9H,1-3,7-8,10-11,17H2. The molecule has 1 aromatic carbocycles. The molecule has 2 heteroatoms. The molecular formula is C15H20ClN. The first kappa shape index (κ1) is 11.6. The van der Waals surface area contributed by atoms with E-state index in [0.717, 1.165) is 17.9 Å². The maximum Gasteiger partial charge on any atom is 0.0420 e. The van der Waals surface area contributed by atoms with E-state index in [-0.39, 0.29) is 5.54 Å². The average molecular weight is 250 g/mol. The van der Waals surface area contributed by atoms with Crippen LogP contribution in [0.4, 0.5) is 0 Å². The summed E-state index contributed by atoms with van der Waals surface area (Å²) in [5, 5.41) is 0.803. The number of nitrogens with two attached hydrogens (primary N) is 1. The molecule has 1 nitrogen and oxygen atoms in total. The summed E-state index contributed by atoms with van der Waals surface area (Å²) in [6.45, 7) is 0. The molecule has 0 saturated heterocycles. The zero-order valence-corrected chi connectivity index (χ0v) is 11.0. The number of benzene rings is 1. The maximum absolute atomic E-state index is 6.54. The summed E-state index contributed by atoms with van der Waals surface area (Å²) in [4.78, 5) is 0. The highest BCUT2D eigenvalue weighted by atomic mass is 35.5. The third-order valence-electron chi connectivity index (χ3n) is 4.69. The van der Waals surface area contributed by atoms with Gasteiger partial charge in [0.2, 0.25) is 0 Å². The molecular weight excluding hydrogens is 230 g/mol. The van der Waals surface area contributed by atoms with Gasteiger partial charge >= 0.3 is 0 Å². The molecule has 2 N–H and O–H groups in total. The predicted octanol–water partition coefficient (Wildman–Crippen LogP) is 4.24. The van der Waals surface area contributed by atoms with Gasteiger partial charge in [0.1, 0.15) is 0 Å². The molecule has 2 fully saturated rings. The van der Waals surface area contributed by atoms with Crippen molar-refractivity contribution in [1.82, 2.24) is 0 Å². The highest BCUT2D eigenvalue weighted by molar-refractivity contribution is 6.30. The van der Waals surface area contributed by atoms with E-state index in [1.807, 2.05) is 18.2 Å². The molecule has 0 aliphatic heterocycles. The summed E-state index contributed by atoms with van der Waals surface area (Å²) in [7, 11) is 0. The summed E-state index contributed by atoms with van der Waals surface area (Å²) in [6.07, 6.45) is 9.27. The Bertz CT molecular complexity index is 413. The molecule has 2 saturated carbocycles. The fourth-order valence-electron chi connectivity index (χ4n) is 3.94. The van der Waals surface area contributed by atoms with E-state index in [1.54, 1.807) is 0 Å². The second-order valence-electron chi connectivity index (χ2n) is 6.08. The summed E-state index contributed by atoms with van der Waals surface area (Å²) < 4.78 is 0. The minimum absolute atomic E-state index is 0.109. The Labute approximate surface area is 108 Å². The summed E-state index contributed by atoms with van der Waals surface area (Å²) >= 11 is 6.05. The Morgan fingerprint density at radius 1 is 1.06 bits per heavy atom. The average Bonchev–Trinajstić information content (AvgIpc) is 2.28. The number of rotatable bonds is 1. The molecule has 0 aromatic heterocycles. The second kappa shape index (κ2) is 4.00. The van der Waals surface area contributed by atoms with Crippen molar-refractivity contribution in [3.63, 3.8) is 0 Å². The van der Waals surface area contributed by atoms with Crippen LogP contribution in [0.1, 0.15) is 50.5 Å². The van der Waals surface area contributed by atoms with Crippen molar-refractivity contribution in [2.75, 3.05) is 0 Å². The highest BCUT2D eigenvalue weighted by Crippen LogP contribution is 2.59. The topological polar surface area (TPSA) is 26.0 Å². The van der Waals surface area contributed by atoms with E-state index in [2.05, 4.69) is 6.07 Å². The molecule has 0 amide bonds. The van der Waals surface area contributed by atoms with Gasteiger partial charge in [-0.05, 0) is 48.8 Å². The van der Waals surface area contributed by atoms with Gasteiger partial charge in [-0.1, -0.05) is 43.0 Å². The lowest BCUT2D eigenvalue weighted by atomic mass is 9.51. The van der Waals surface area contributed by atoms with E-state index in [4.69, 9.17) is 17.3 Å². The second-order valence-corrected chi connectivity index (χ2v) is 6.52. The third kappa shape index (κ3) is 2.00. The van der Waals surface area contributed by atoms with Crippen molar-refractivity contribution in [2.45, 2.75) is 50.5 Å². The number of halogens is 1. The van der Waals surface area contributed by atoms with Crippen LogP contribution in [0.3, 0.4) is 0 Å². The van der Waals surface area contributed by atoms with Gasteiger partial charge in [0, 0.05) is 10.6 Å². The first-order valence-corrected chi connectivity index (χ1v) is 7.05. The molecule has 17 heavy (non-hydrogen) atoms. The third-order valence-corrected chi connectivity index (χ3v) is 4.93. The molecule has 0 heterocycles. The van der Waals surface area contributed by atoms with Crippen LogP contribution >= 0.6 is 11.6 Å². The smallest absolute Gasteiger partial charge is 0.0420 e. The first-order valence-electron chi connectivity index (χ1n) is 6.67. The molecule has 0 unspecified atom stereocenters. The van der Waals surface area contributed by atoms with Crippen molar-refractivity contribution < 1.29 is 0 Å². The molecule has 1 aromatic rings. The van der Waals surface area contributed by atoms with E-state index in [9.17, 15) is 0 Å². The molecule has 92 valence electrons. The van der Waals surface area contributed by atoms with E-state index in [1.165, 1.54) is 37.7 Å². The minimum atomic E-state index is -0.109. The molecule has 2 aliphatic carbocycles. The van der Waals surface area contributed by atoms with E-state index >= 15 is 0 Å². The van der Waals surface area contributed by atoms with Gasteiger partial charge < -0.3 is 5.73 Å². The van der Waals surface area contributed by atoms with Crippen LogP contribution in [0.25, 0.3) is 0 Å². The molecule has 1 spiro atoms. The lowest BCUT2D eigenvalue weighted by Gasteiger charge is -2.57. The Morgan fingerprint density at radius 3 is 2.41 bits per heavy atom. The maximum atomic E-state index is 6.54.